The lowest BCUT2D eigenvalue weighted by atomic mass is 10.1. The van der Waals surface area contributed by atoms with Gasteiger partial charge in [0.1, 0.15) is 0 Å². The number of nitrogens with zero attached hydrogens (tertiary/aromatic N) is 1. The second-order valence-electron chi connectivity index (χ2n) is 6.81. The summed E-state index contributed by atoms with van der Waals surface area (Å²) in [5.41, 5.74) is 3.65. The molecule has 0 fully saturated rings. The number of aryl methyl sites for hydroxylation is 1. The largest absolute Gasteiger partial charge is 0.274 e. The zero-order chi connectivity index (χ0) is 19.6. The van der Waals surface area contributed by atoms with Crippen molar-refractivity contribution < 1.29 is 9.59 Å². The summed E-state index contributed by atoms with van der Waals surface area (Å²) in [6.07, 6.45) is 0. The van der Waals surface area contributed by atoms with Crippen LogP contribution in [0, 0.1) is 6.92 Å². The van der Waals surface area contributed by atoms with Crippen LogP contribution >= 0.6 is 39.1 Å². The van der Waals surface area contributed by atoms with Gasteiger partial charge in [-0.05, 0) is 73.5 Å². The lowest BCUT2D eigenvalue weighted by Gasteiger charge is -2.35. The van der Waals surface area contributed by atoms with Crippen molar-refractivity contribution in [3.63, 3.8) is 0 Å². The first-order valence-electron chi connectivity index (χ1n) is 7.88. The van der Waals surface area contributed by atoms with Crippen LogP contribution in [0.25, 0.3) is 0 Å². The minimum absolute atomic E-state index is 0.225. The molecule has 1 N–H and O–H groups in total. The molecule has 138 valence electrons. The van der Waals surface area contributed by atoms with Gasteiger partial charge < -0.3 is 0 Å². The molecular formula is C19H19BrCl2N2O2. The first kappa shape index (κ1) is 20.7. The summed E-state index contributed by atoms with van der Waals surface area (Å²) in [5, 5.41) is 1.93. The SMILES string of the molecule is Cc1cccc(C(=O)NN(C(=O)c2ccc(Cl)cc2Cl)C(C)(C)C)c1Br. The van der Waals surface area contributed by atoms with Crippen molar-refractivity contribution in [2.45, 2.75) is 33.2 Å². The summed E-state index contributed by atoms with van der Waals surface area (Å²) in [5.74, 6) is -0.815. The number of carbonyl (C=O) groups is 2. The Morgan fingerprint density at radius 3 is 2.31 bits per heavy atom. The summed E-state index contributed by atoms with van der Waals surface area (Å²) in [6, 6.07) is 9.99. The molecule has 0 aliphatic heterocycles. The number of hydrazine groups is 1. The Kier molecular flexibility index (Phi) is 6.37. The van der Waals surface area contributed by atoms with E-state index in [1.807, 2.05) is 33.8 Å². The summed E-state index contributed by atoms with van der Waals surface area (Å²) >= 11 is 15.5. The van der Waals surface area contributed by atoms with Gasteiger partial charge in [0, 0.05) is 9.50 Å². The Hall–Kier alpha value is -1.56. The fourth-order valence-corrected chi connectivity index (χ4v) is 3.22. The highest BCUT2D eigenvalue weighted by Gasteiger charge is 2.31. The molecule has 26 heavy (non-hydrogen) atoms. The monoisotopic (exact) mass is 456 g/mol. The van der Waals surface area contributed by atoms with Gasteiger partial charge >= 0.3 is 0 Å². The van der Waals surface area contributed by atoms with Crippen LogP contribution in [0.2, 0.25) is 10.0 Å². The Morgan fingerprint density at radius 2 is 1.73 bits per heavy atom. The summed E-state index contributed by atoms with van der Waals surface area (Å²) in [4.78, 5) is 25.8. The molecule has 0 atom stereocenters. The molecule has 2 aromatic rings. The smallest absolute Gasteiger partial charge is 0.267 e. The minimum Gasteiger partial charge on any atom is -0.267 e. The number of hydrogen-bond acceptors (Lipinski definition) is 2. The van der Waals surface area contributed by atoms with Crippen LogP contribution in [0.3, 0.4) is 0 Å². The molecule has 0 saturated heterocycles. The number of halogens is 3. The highest BCUT2D eigenvalue weighted by molar-refractivity contribution is 9.10. The third-order valence-corrected chi connectivity index (χ3v) is 5.29. The number of nitrogens with one attached hydrogen (secondary N) is 1. The average Bonchev–Trinajstić information content (AvgIpc) is 2.53. The predicted octanol–water partition coefficient (Wildman–Crippen LogP) is 5.65. The normalized spacial score (nSPS) is 11.2. The number of rotatable bonds is 2. The molecule has 2 amide bonds. The molecular weight excluding hydrogens is 439 g/mol. The molecule has 2 rings (SSSR count). The third-order valence-electron chi connectivity index (χ3n) is 3.69. The molecule has 4 nitrogen and oxygen atoms in total. The molecule has 7 heteroatoms. The van der Waals surface area contributed by atoms with Gasteiger partial charge in [-0.15, -0.1) is 0 Å². The van der Waals surface area contributed by atoms with E-state index < -0.39 is 17.4 Å². The molecule has 0 aromatic heterocycles. The number of hydrogen-bond donors (Lipinski definition) is 1. The maximum atomic E-state index is 13.0. The Morgan fingerprint density at radius 1 is 1.08 bits per heavy atom. The van der Waals surface area contributed by atoms with Crippen LogP contribution in [-0.2, 0) is 0 Å². The fraction of sp³-hybridized carbons (Fsp3) is 0.263. The van der Waals surface area contributed by atoms with Crippen molar-refractivity contribution in [3.05, 3.63) is 67.6 Å². The van der Waals surface area contributed by atoms with E-state index in [4.69, 9.17) is 23.2 Å². The van der Waals surface area contributed by atoms with E-state index in [1.165, 1.54) is 11.1 Å². The second kappa shape index (κ2) is 7.99. The zero-order valence-corrected chi connectivity index (χ0v) is 18.0. The molecule has 0 saturated carbocycles. The first-order chi connectivity index (χ1) is 12.0. The van der Waals surface area contributed by atoms with Crippen molar-refractivity contribution in [2.24, 2.45) is 0 Å². The molecule has 2 aromatic carbocycles. The van der Waals surface area contributed by atoms with Crippen LogP contribution in [0.1, 0.15) is 47.1 Å². The van der Waals surface area contributed by atoms with Crippen LogP contribution in [0.5, 0.6) is 0 Å². The summed E-state index contributed by atoms with van der Waals surface area (Å²) < 4.78 is 0.684. The van der Waals surface area contributed by atoms with Gasteiger partial charge in [0.05, 0.1) is 21.7 Å². The number of amides is 2. The van der Waals surface area contributed by atoms with Crippen LogP contribution in [-0.4, -0.2) is 22.4 Å². The molecule has 0 heterocycles. The second-order valence-corrected chi connectivity index (χ2v) is 8.45. The van der Waals surface area contributed by atoms with Crippen molar-refractivity contribution in [2.75, 3.05) is 0 Å². The quantitative estimate of drug-likeness (QED) is 0.592. The molecule has 0 radical (unpaired) electrons. The van der Waals surface area contributed by atoms with Crippen LogP contribution < -0.4 is 5.43 Å². The highest BCUT2D eigenvalue weighted by Crippen LogP contribution is 2.25. The molecule has 0 aliphatic rings. The third kappa shape index (κ3) is 4.58. The van der Waals surface area contributed by atoms with Crippen molar-refractivity contribution >= 4 is 50.9 Å². The topological polar surface area (TPSA) is 49.4 Å². The van der Waals surface area contributed by atoms with E-state index in [-0.39, 0.29) is 10.6 Å². The lowest BCUT2D eigenvalue weighted by Crippen LogP contribution is -2.56. The van der Waals surface area contributed by atoms with Crippen molar-refractivity contribution in [1.29, 1.82) is 0 Å². The molecule has 0 spiro atoms. The number of carbonyl (C=O) groups excluding carboxylic acids is 2. The van der Waals surface area contributed by atoms with Gasteiger partial charge in [-0.3, -0.25) is 15.0 Å². The minimum atomic E-state index is -0.675. The molecule has 0 aliphatic carbocycles. The van der Waals surface area contributed by atoms with Crippen molar-refractivity contribution in [3.8, 4) is 0 Å². The van der Waals surface area contributed by atoms with Crippen LogP contribution in [0.15, 0.2) is 40.9 Å². The van der Waals surface area contributed by atoms with Gasteiger partial charge in [0.15, 0.2) is 0 Å². The van der Waals surface area contributed by atoms with E-state index in [2.05, 4.69) is 21.4 Å². The standard InChI is InChI=1S/C19H19BrCl2N2O2/c1-11-6-5-7-14(16(11)20)17(25)23-24(19(2,3)4)18(26)13-9-8-12(21)10-15(13)22/h5-10H,1-4H3,(H,23,25). The van der Waals surface area contributed by atoms with Gasteiger partial charge in [-0.25, -0.2) is 5.01 Å². The highest BCUT2D eigenvalue weighted by atomic mass is 79.9. The summed E-state index contributed by atoms with van der Waals surface area (Å²) in [7, 11) is 0. The van der Waals surface area contributed by atoms with Crippen LogP contribution in [0.4, 0.5) is 0 Å². The van der Waals surface area contributed by atoms with E-state index in [9.17, 15) is 9.59 Å². The van der Waals surface area contributed by atoms with Gasteiger partial charge in [0.2, 0.25) is 0 Å². The summed E-state index contributed by atoms with van der Waals surface area (Å²) in [6.45, 7) is 7.35. The maximum Gasteiger partial charge on any atom is 0.274 e. The van der Waals surface area contributed by atoms with Crippen molar-refractivity contribution in [1.82, 2.24) is 10.4 Å². The predicted molar refractivity (Wildman–Crippen MR) is 109 cm³/mol. The van der Waals surface area contributed by atoms with E-state index >= 15 is 0 Å². The van der Waals surface area contributed by atoms with Gasteiger partial charge in [-0.2, -0.15) is 0 Å². The fourth-order valence-electron chi connectivity index (χ4n) is 2.29. The lowest BCUT2D eigenvalue weighted by molar-refractivity contribution is 0.0358. The van der Waals surface area contributed by atoms with Gasteiger partial charge in [0.25, 0.3) is 11.8 Å². The maximum absolute atomic E-state index is 13.0. The zero-order valence-electron chi connectivity index (χ0n) is 14.9. The Labute approximate surface area is 171 Å². The average molecular weight is 458 g/mol. The van der Waals surface area contributed by atoms with Gasteiger partial charge in [-0.1, -0.05) is 35.3 Å². The first-order valence-corrected chi connectivity index (χ1v) is 9.43. The molecule has 0 bridgehead atoms. The van der Waals surface area contributed by atoms with E-state index in [0.29, 0.717) is 15.1 Å². The number of benzene rings is 2. The molecule has 0 unspecified atom stereocenters. The van der Waals surface area contributed by atoms with E-state index in [1.54, 1.807) is 24.3 Å². The van der Waals surface area contributed by atoms with E-state index in [0.717, 1.165) is 5.56 Å². The Bertz CT molecular complexity index is 863. The Balaban J connectivity index is 2.38.